The van der Waals surface area contributed by atoms with E-state index in [0.717, 1.165) is 24.6 Å². The van der Waals surface area contributed by atoms with Crippen molar-refractivity contribution in [2.45, 2.75) is 50.7 Å². The molecule has 1 aliphatic carbocycles. The third kappa shape index (κ3) is 5.27. The lowest BCUT2D eigenvalue weighted by molar-refractivity contribution is -0.146. The van der Waals surface area contributed by atoms with Gasteiger partial charge in [-0.2, -0.15) is 13.2 Å². The molecule has 0 radical (unpaired) electrons. The standard InChI is InChI=1S/C24H25ClF3NO4/c1-3-14-8-10-23(11-9-14,22(31)32)29-21(30)16-4-6-18(24(26,27)28)17(12-16)15-5-7-20(33-2)19(25)13-15/h4-7,12-14H,3,8-11H2,1-2H3,(H,29,30)(H,31,32)/t14-,23-. The molecule has 0 aromatic heterocycles. The number of carbonyl (C=O) groups is 2. The summed E-state index contributed by atoms with van der Waals surface area (Å²) < 4.78 is 46.1. The van der Waals surface area contributed by atoms with Crippen molar-refractivity contribution in [3.8, 4) is 16.9 Å². The second kappa shape index (κ2) is 9.63. The number of hydrogen-bond acceptors (Lipinski definition) is 3. The SMILES string of the molecule is CC[C@H]1CC[C@@](NC(=O)c2ccc(C(F)(F)F)c(-c3ccc(OC)c(Cl)c3)c2)(C(=O)O)CC1. The van der Waals surface area contributed by atoms with E-state index in [2.05, 4.69) is 5.32 Å². The van der Waals surface area contributed by atoms with Crippen LogP contribution in [-0.2, 0) is 11.0 Å². The number of carboxylic acid groups (broad SMARTS) is 1. The van der Waals surface area contributed by atoms with Crippen molar-refractivity contribution in [1.82, 2.24) is 5.32 Å². The maximum Gasteiger partial charge on any atom is 0.417 e. The van der Waals surface area contributed by atoms with E-state index in [9.17, 15) is 27.9 Å². The molecule has 1 amide bonds. The number of hydrogen-bond donors (Lipinski definition) is 2. The maximum atomic E-state index is 13.7. The molecule has 0 heterocycles. The van der Waals surface area contributed by atoms with Crippen molar-refractivity contribution in [2.75, 3.05) is 7.11 Å². The molecule has 1 saturated carbocycles. The first-order valence-electron chi connectivity index (χ1n) is 10.6. The number of ether oxygens (including phenoxy) is 1. The van der Waals surface area contributed by atoms with Crippen LogP contribution in [0.2, 0.25) is 5.02 Å². The van der Waals surface area contributed by atoms with Gasteiger partial charge in [0, 0.05) is 5.56 Å². The van der Waals surface area contributed by atoms with E-state index in [1.165, 1.54) is 25.3 Å². The van der Waals surface area contributed by atoms with E-state index in [-0.39, 0.29) is 34.6 Å². The molecule has 5 nitrogen and oxygen atoms in total. The normalized spacial score (nSPS) is 20.8. The average molecular weight is 484 g/mol. The Labute approximate surface area is 194 Å². The lowest BCUT2D eigenvalue weighted by Crippen LogP contribution is -2.56. The number of carbonyl (C=O) groups excluding carboxylic acids is 1. The Morgan fingerprint density at radius 2 is 1.85 bits per heavy atom. The largest absolute Gasteiger partial charge is 0.495 e. The number of rotatable bonds is 6. The van der Waals surface area contributed by atoms with Gasteiger partial charge in [-0.15, -0.1) is 0 Å². The quantitative estimate of drug-likeness (QED) is 0.514. The summed E-state index contributed by atoms with van der Waals surface area (Å²) in [4.78, 5) is 25.0. The molecule has 1 fully saturated rings. The third-order valence-electron chi connectivity index (χ3n) is 6.35. The van der Waals surface area contributed by atoms with Crippen LogP contribution in [0.4, 0.5) is 13.2 Å². The fraction of sp³-hybridized carbons (Fsp3) is 0.417. The van der Waals surface area contributed by atoms with Crippen LogP contribution < -0.4 is 10.1 Å². The van der Waals surface area contributed by atoms with Gasteiger partial charge < -0.3 is 15.2 Å². The molecule has 33 heavy (non-hydrogen) atoms. The minimum Gasteiger partial charge on any atom is -0.495 e. The van der Waals surface area contributed by atoms with Crippen LogP contribution in [0.15, 0.2) is 36.4 Å². The Kier molecular flexibility index (Phi) is 7.26. The summed E-state index contributed by atoms with van der Waals surface area (Å²) in [6.07, 6.45) is -1.88. The third-order valence-corrected chi connectivity index (χ3v) is 6.64. The van der Waals surface area contributed by atoms with Crippen molar-refractivity contribution < 1.29 is 32.6 Å². The molecule has 0 spiro atoms. The molecular weight excluding hydrogens is 459 g/mol. The van der Waals surface area contributed by atoms with E-state index in [1.807, 2.05) is 6.92 Å². The van der Waals surface area contributed by atoms with E-state index in [1.54, 1.807) is 0 Å². The molecule has 0 saturated heterocycles. The second-order valence-corrected chi connectivity index (χ2v) is 8.71. The zero-order valence-electron chi connectivity index (χ0n) is 18.3. The van der Waals surface area contributed by atoms with Crippen LogP contribution >= 0.6 is 11.6 Å². The Morgan fingerprint density at radius 1 is 1.18 bits per heavy atom. The molecule has 0 unspecified atom stereocenters. The van der Waals surface area contributed by atoms with E-state index < -0.39 is 29.2 Å². The van der Waals surface area contributed by atoms with E-state index >= 15 is 0 Å². The summed E-state index contributed by atoms with van der Waals surface area (Å²) in [6.45, 7) is 2.03. The molecule has 3 rings (SSSR count). The second-order valence-electron chi connectivity index (χ2n) is 8.30. The van der Waals surface area contributed by atoms with Crippen molar-refractivity contribution in [3.05, 3.63) is 52.5 Å². The molecule has 0 atom stereocenters. The van der Waals surface area contributed by atoms with Gasteiger partial charge >= 0.3 is 12.1 Å². The van der Waals surface area contributed by atoms with E-state index in [4.69, 9.17) is 16.3 Å². The summed E-state index contributed by atoms with van der Waals surface area (Å²) in [5.41, 5.74) is -2.52. The van der Waals surface area contributed by atoms with Crippen LogP contribution in [0.3, 0.4) is 0 Å². The van der Waals surface area contributed by atoms with Crippen LogP contribution in [0, 0.1) is 5.92 Å². The molecular formula is C24H25ClF3NO4. The van der Waals surface area contributed by atoms with Crippen molar-refractivity contribution >= 4 is 23.5 Å². The number of methoxy groups -OCH3 is 1. The smallest absolute Gasteiger partial charge is 0.417 e. The lowest BCUT2D eigenvalue weighted by atomic mass is 9.75. The molecule has 2 aromatic carbocycles. The summed E-state index contributed by atoms with van der Waals surface area (Å²) in [5.74, 6) is -1.18. The van der Waals surface area contributed by atoms with Gasteiger partial charge in [-0.25, -0.2) is 4.79 Å². The number of benzene rings is 2. The average Bonchev–Trinajstić information content (AvgIpc) is 2.78. The number of aliphatic carboxylic acids is 1. The first-order valence-corrected chi connectivity index (χ1v) is 11.0. The van der Waals surface area contributed by atoms with Crippen molar-refractivity contribution in [3.63, 3.8) is 0 Å². The predicted octanol–water partition coefficient (Wildman–Crippen LogP) is 6.19. The van der Waals surface area contributed by atoms with Gasteiger partial charge in [0.1, 0.15) is 11.3 Å². The fourth-order valence-corrected chi connectivity index (χ4v) is 4.52. The molecule has 0 aliphatic heterocycles. The van der Waals surface area contributed by atoms with Crippen LogP contribution in [-0.4, -0.2) is 29.6 Å². The highest BCUT2D eigenvalue weighted by atomic mass is 35.5. The van der Waals surface area contributed by atoms with Crippen LogP contribution in [0.5, 0.6) is 5.75 Å². The molecule has 178 valence electrons. The van der Waals surface area contributed by atoms with Gasteiger partial charge in [0.25, 0.3) is 5.91 Å². The van der Waals surface area contributed by atoms with Gasteiger partial charge in [-0.3, -0.25) is 4.79 Å². The number of nitrogens with one attached hydrogen (secondary N) is 1. The summed E-state index contributed by atoms with van der Waals surface area (Å²) in [7, 11) is 1.39. The zero-order chi connectivity index (χ0) is 24.4. The Balaban J connectivity index is 1.98. The Hall–Kier alpha value is -2.74. The fourth-order valence-electron chi connectivity index (χ4n) is 4.27. The molecule has 1 aliphatic rings. The van der Waals surface area contributed by atoms with E-state index in [0.29, 0.717) is 24.5 Å². The lowest BCUT2D eigenvalue weighted by Gasteiger charge is -2.37. The number of carboxylic acids is 1. The van der Waals surface area contributed by atoms with Crippen molar-refractivity contribution in [2.24, 2.45) is 5.92 Å². The van der Waals surface area contributed by atoms with Gasteiger partial charge in [0.15, 0.2) is 0 Å². The highest BCUT2D eigenvalue weighted by Crippen LogP contribution is 2.40. The van der Waals surface area contributed by atoms with Gasteiger partial charge in [0.05, 0.1) is 17.7 Å². The monoisotopic (exact) mass is 483 g/mol. The zero-order valence-corrected chi connectivity index (χ0v) is 19.0. The maximum absolute atomic E-state index is 13.7. The van der Waals surface area contributed by atoms with Crippen LogP contribution in [0.1, 0.15) is 54.9 Å². The Morgan fingerprint density at radius 3 is 2.36 bits per heavy atom. The number of amides is 1. The minimum atomic E-state index is -4.67. The molecule has 9 heteroatoms. The van der Waals surface area contributed by atoms with Crippen LogP contribution in [0.25, 0.3) is 11.1 Å². The topological polar surface area (TPSA) is 75.6 Å². The van der Waals surface area contributed by atoms with Crippen molar-refractivity contribution in [1.29, 1.82) is 0 Å². The first kappa shape index (κ1) is 24.9. The van der Waals surface area contributed by atoms with Gasteiger partial charge in [-0.05, 0) is 73.1 Å². The first-order chi connectivity index (χ1) is 15.5. The summed E-state index contributed by atoms with van der Waals surface area (Å²) >= 11 is 6.10. The Bertz CT molecular complexity index is 1050. The molecule has 2 aromatic rings. The summed E-state index contributed by atoms with van der Waals surface area (Å²) in [5, 5.41) is 12.5. The predicted molar refractivity (Wildman–Crippen MR) is 119 cm³/mol. The van der Waals surface area contributed by atoms with Gasteiger partial charge in [0.2, 0.25) is 0 Å². The number of alkyl halides is 3. The van der Waals surface area contributed by atoms with Gasteiger partial charge in [-0.1, -0.05) is 31.0 Å². The molecule has 2 N–H and O–H groups in total. The highest BCUT2D eigenvalue weighted by Gasteiger charge is 2.43. The summed E-state index contributed by atoms with van der Waals surface area (Å²) in [6, 6.07) is 7.18. The highest BCUT2D eigenvalue weighted by molar-refractivity contribution is 6.32. The number of halogens is 4. The molecule has 0 bridgehead atoms. The minimum absolute atomic E-state index is 0.0665.